The Hall–Kier alpha value is -1.46. The van der Waals surface area contributed by atoms with Crippen LogP contribution in [-0.4, -0.2) is 26.3 Å². The molecule has 1 aromatic rings. The molecule has 0 radical (unpaired) electrons. The minimum absolute atomic E-state index is 0. The van der Waals surface area contributed by atoms with E-state index in [9.17, 15) is 4.79 Å². The highest BCUT2D eigenvalue weighted by molar-refractivity contribution is 5.85. The van der Waals surface area contributed by atoms with Gasteiger partial charge in [0.05, 0.1) is 26.7 Å². The molecule has 6 heteroatoms. The highest BCUT2D eigenvalue weighted by atomic mass is 35.5. The third-order valence-corrected chi connectivity index (χ3v) is 2.61. The van der Waals surface area contributed by atoms with Crippen LogP contribution in [0.25, 0.3) is 0 Å². The first-order valence-corrected chi connectivity index (χ1v) is 6.34. The Morgan fingerprint density at radius 1 is 1.20 bits per heavy atom. The molecule has 1 rings (SSSR count). The summed E-state index contributed by atoms with van der Waals surface area (Å²) in [5.74, 6) is 0.986. The Balaban J connectivity index is 0.00000361. The summed E-state index contributed by atoms with van der Waals surface area (Å²) in [6.07, 6.45) is 0.135. The number of benzene rings is 1. The van der Waals surface area contributed by atoms with Crippen LogP contribution in [0.2, 0.25) is 0 Å². The lowest BCUT2D eigenvalue weighted by Gasteiger charge is -2.15. The molecule has 0 heterocycles. The lowest BCUT2D eigenvalue weighted by Crippen LogP contribution is -2.16. The van der Waals surface area contributed by atoms with Gasteiger partial charge in [-0.05, 0) is 31.5 Å². The summed E-state index contributed by atoms with van der Waals surface area (Å²) < 4.78 is 15.6. The van der Waals surface area contributed by atoms with Gasteiger partial charge >= 0.3 is 5.97 Å². The highest BCUT2D eigenvalue weighted by Gasteiger charge is 2.14. The Morgan fingerprint density at radius 3 is 2.35 bits per heavy atom. The summed E-state index contributed by atoms with van der Waals surface area (Å²) in [6.45, 7) is 4.91. The van der Waals surface area contributed by atoms with Crippen LogP contribution in [0.3, 0.4) is 0 Å². The van der Waals surface area contributed by atoms with Crippen LogP contribution in [0.5, 0.6) is 11.5 Å². The zero-order valence-electron chi connectivity index (χ0n) is 12.0. The molecule has 0 aromatic heterocycles. The molecule has 1 unspecified atom stereocenters. The van der Waals surface area contributed by atoms with Gasteiger partial charge < -0.3 is 19.9 Å². The molecule has 5 nitrogen and oxygen atoms in total. The third kappa shape index (κ3) is 5.27. The molecule has 0 saturated carbocycles. The normalized spacial score (nSPS) is 11.2. The minimum Gasteiger partial charge on any atom is -0.490 e. The average Bonchev–Trinajstić information content (AvgIpc) is 2.41. The molecule has 1 aromatic carbocycles. The predicted octanol–water partition coefficient (Wildman–Crippen LogP) is 2.47. The molecule has 1 atom stereocenters. The number of rotatable bonds is 7. The SMILES string of the molecule is CCOc1ccc(C(N)CC(=O)OC)cc1OCC.Cl. The van der Waals surface area contributed by atoms with Crippen molar-refractivity contribution in [2.45, 2.75) is 26.3 Å². The van der Waals surface area contributed by atoms with Crippen molar-refractivity contribution in [2.75, 3.05) is 20.3 Å². The largest absolute Gasteiger partial charge is 0.490 e. The monoisotopic (exact) mass is 303 g/mol. The lowest BCUT2D eigenvalue weighted by molar-refractivity contribution is -0.141. The van der Waals surface area contributed by atoms with Crippen molar-refractivity contribution < 1.29 is 19.0 Å². The van der Waals surface area contributed by atoms with Gasteiger partial charge in [0.1, 0.15) is 0 Å². The molecule has 0 spiro atoms. The smallest absolute Gasteiger partial charge is 0.307 e. The number of ether oxygens (including phenoxy) is 3. The Morgan fingerprint density at radius 2 is 1.80 bits per heavy atom. The van der Waals surface area contributed by atoms with Gasteiger partial charge in [-0.15, -0.1) is 12.4 Å². The van der Waals surface area contributed by atoms with Crippen LogP contribution in [-0.2, 0) is 9.53 Å². The van der Waals surface area contributed by atoms with Crippen LogP contribution in [0.4, 0.5) is 0 Å². The number of nitrogens with two attached hydrogens (primary N) is 1. The predicted molar refractivity (Wildman–Crippen MR) is 79.6 cm³/mol. The molecule has 0 amide bonds. The van der Waals surface area contributed by atoms with Gasteiger partial charge in [0, 0.05) is 6.04 Å². The van der Waals surface area contributed by atoms with Crippen molar-refractivity contribution in [1.82, 2.24) is 0 Å². The van der Waals surface area contributed by atoms with Crippen molar-refractivity contribution in [3.63, 3.8) is 0 Å². The Bertz CT molecular complexity index is 426. The van der Waals surface area contributed by atoms with E-state index in [2.05, 4.69) is 4.74 Å². The van der Waals surface area contributed by atoms with Crippen molar-refractivity contribution >= 4 is 18.4 Å². The van der Waals surface area contributed by atoms with Gasteiger partial charge in [-0.25, -0.2) is 0 Å². The van der Waals surface area contributed by atoms with Crippen LogP contribution in [0, 0.1) is 0 Å². The van der Waals surface area contributed by atoms with Crippen molar-refractivity contribution in [2.24, 2.45) is 5.73 Å². The zero-order chi connectivity index (χ0) is 14.3. The van der Waals surface area contributed by atoms with E-state index in [1.54, 1.807) is 6.07 Å². The fourth-order valence-electron chi connectivity index (χ4n) is 1.68. The number of hydrogen-bond acceptors (Lipinski definition) is 5. The molecule has 0 fully saturated rings. The van der Waals surface area contributed by atoms with Crippen LogP contribution in [0.15, 0.2) is 18.2 Å². The first-order chi connectivity index (χ1) is 9.12. The van der Waals surface area contributed by atoms with Crippen molar-refractivity contribution in [3.05, 3.63) is 23.8 Å². The van der Waals surface area contributed by atoms with Gasteiger partial charge in [0.15, 0.2) is 11.5 Å². The molecule has 0 saturated heterocycles. The van der Waals surface area contributed by atoms with E-state index in [1.807, 2.05) is 26.0 Å². The molecule has 0 aliphatic carbocycles. The zero-order valence-corrected chi connectivity index (χ0v) is 12.9. The highest BCUT2D eigenvalue weighted by Crippen LogP contribution is 2.31. The molecular weight excluding hydrogens is 282 g/mol. The summed E-state index contributed by atoms with van der Waals surface area (Å²) in [6, 6.07) is 5.03. The summed E-state index contributed by atoms with van der Waals surface area (Å²) in [4.78, 5) is 11.2. The number of esters is 1. The number of methoxy groups -OCH3 is 1. The summed E-state index contributed by atoms with van der Waals surface area (Å²) in [5, 5.41) is 0. The fourth-order valence-corrected chi connectivity index (χ4v) is 1.68. The molecule has 0 aliphatic rings. The van der Waals surface area contributed by atoms with E-state index < -0.39 is 6.04 Å². The molecule has 2 N–H and O–H groups in total. The van der Waals surface area contributed by atoms with Gasteiger partial charge in [-0.2, -0.15) is 0 Å². The standard InChI is InChI=1S/C14H21NO4.ClH/c1-4-18-12-7-6-10(8-13(12)19-5-2)11(15)9-14(16)17-3;/h6-8,11H,4-5,9,15H2,1-3H3;1H. The second-order valence-corrected chi connectivity index (χ2v) is 3.96. The first kappa shape index (κ1) is 18.5. The maximum absolute atomic E-state index is 11.2. The first-order valence-electron chi connectivity index (χ1n) is 6.34. The second kappa shape index (κ2) is 9.44. The van der Waals surface area contributed by atoms with E-state index in [4.69, 9.17) is 15.2 Å². The summed E-state index contributed by atoms with van der Waals surface area (Å²) in [7, 11) is 1.35. The van der Waals surface area contributed by atoms with Crippen molar-refractivity contribution in [1.29, 1.82) is 0 Å². The van der Waals surface area contributed by atoms with Gasteiger partial charge in [0.25, 0.3) is 0 Å². The molecule has 114 valence electrons. The minimum atomic E-state index is -0.415. The molecular formula is C14H22ClNO4. The van der Waals surface area contributed by atoms with Gasteiger partial charge in [0.2, 0.25) is 0 Å². The molecule has 0 bridgehead atoms. The van der Waals surface area contributed by atoms with E-state index >= 15 is 0 Å². The number of carbonyl (C=O) groups excluding carboxylic acids is 1. The number of hydrogen-bond donors (Lipinski definition) is 1. The van der Waals surface area contributed by atoms with Crippen LogP contribution in [0.1, 0.15) is 31.9 Å². The average molecular weight is 304 g/mol. The number of carbonyl (C=O) groups is 1. The van der Waals surface area contributed by atoms with Crippen molar-refractivity contribution in [3.8, 4) is 11.5 Å². The molecule has 20 heavy (non-hydrogen) atoms. The summed E-state index contributed by atoms with van der Waals surface area (Å²) >= 11 is 0. The van der Waals surface area contributed by atoms with E-state index in [1.165, 1.54) is 7.11 Å². The maximum atomic E-state index is 11.2. The second-order valence-electron chi connectivity index (χ2n) is 3.96. The quantitative estimate of drug-likeness (QED) is 0.784. The number of halogens is 1. The lowest BCUT2D eigenvalue weighted by atomic mass is 10.0. The van der Waals surface area contributed by atoms with E-state index in [0.717, 1.165) is 5.56 Å². The fraction of sp³-hybridized carbons (Fsp3) is 0.500. The Labute approximate surface area is 125 Å². The molecule has 0 aliphatic heterocycles. The van der Waals surface area contributed by atoms with Gasteiger partial charge in [-0.1, -0.05) is 6.07 Å². The maximum Gasteiger partial charge on any atom is 0.307 e. The van der Waals surface area contributed by atoms with Crippen LogP contribution < -0.4 is 15.2 Å². The third-order valence-electron chi connectivity index (χ3n) is 2.61. The van der Waals surface area contributed by atoms with E-state index in [0.29, 0.717) is 24.7 Å². The van der Waals surface area contributed by atoms with Gasteiger partial charge in [-0.3, -0.25) is 4.79 Å². The van der Waals surface area contributed by atoms with Crippen LogP contribution >= 0.6 is 12.4 Å². The topological polar surface area (TPSA) is 70.8 Å². The Kier molecular flexibility index (Phi) is 8.76. The van der Waals surface area contributed by atoms with E-state index in [-0.39, 0.29) is 24.8 Å². The summed E-state index contributed by atoms with van der Waals surface area (Å²) in [5.41, 5.74) is 6.78.